The van der Waals surface area contributed by atoms with Gasteiger partial charge >= 0.3 is 0 Å². The SMILES string of the molecule is Cc1cccc(-c2noc(CN3CCC(C(=O)Nc4ccccc4Sc4ccccc4)CC3)n2)c1. The third-order valence-electron chi connectivity index (χ3n) is 6.18. The van der Waals surface area contributed by atoms with Crippen LogP contribution in [0.4, 0.5) is 5.69 Å². The second-order valence-electron chi connectivity index (χ2n) is 8.83. The van der Waals surface area contributed by atoms with Crippen molar-refractivity contribution in [3.63, 3.8) is 0 Å². The average molecular weight is 485 g/mol. The van der Waals surface area contributed by atoms with Crippen LogP contribution in [-0.2, 0) is 11.3 Å². The maximum Gasteiger partial charge on any atom is 0.241 e. The highest BCUT2D eigenvalue weighted by Crippen LogP contribution is 2.34. The van der Waals surface area contributed by atoms with Crippen molar-refractivity contribution in [3.8, 4) is 11.4 Å². The van der Waals surface area contributed by atoms with Crippen LogP contribution in [-0.4, -0.2) is 34.0 Å². The lowest BCUT2D eigenvalue weighted by Crippen LogP contribution is -2.37. The van der Waals surface area contributed by atoms with E-state index in [0.29, 0.717) is 18.3 Å². The van der Waals surface area contributed by atoms with Gasteiger partial charge in [-0.2, -0.15) is 4.98 Å². The molecular formula is C28H28N4O2S. The number of benzene rings is 3. The van der Waals surface area contributed by atoms with Crippen LogP contribution in [0.2, 0.25) is 0 Å². The molecule has 7 heteroatoms. The monoisotopic (exact) mass is 484 g/mol. The number of carbonyl (C=O) groups is 1. The third-order valence-corrected chi connectivity index (χ3v) is 7.26. The summed E-state index contributed by atoms with van der Waals surface area (Å²) in [5, 5.41) is 7.31. The Morgan fingerprint density at radius 3 is 2.60 bits per heavy atom. The highest BCUT2D eigenvalue weighted by atomic mass is 32.2. The lowest BCUT2D eigenvalue weighted by Gasteiger charge is -2.30. The molecule has 0 atom stereocenters. The Labute approximate surface area is 209 Å². The number of aromatic nitrogens is 2. The van der Waals surface area contributed by atoms with E-state index >= 15 is 0 Å². The summed E-state index contributed by atoms with van der Waals surface area (Å²) in [7, 11) is 0. The van der Waals surface area contributed by atoms with Crippen LogP contribution in [0.25, 0.3) is 11.4 Å². The number of para-hydroxylation sites is 1. The molecule has 5 rings (SSSR count). The van der Waals surface area contributed by atoms with Gasteiger partial charge in [0.2, 0.25) is 17.6 Å². The van der Waals surface area contributed by atoms with Gasteiger partial charge in [0, 0.05) is 21.3 Å². The van der Waals surface area contributed by atoms with Crippen molar-refractivity contribution in [3.05, 3.63) is 90.3 Å². The lowest BCUT2D eigenvalue weighted by atomic mass is 9.96. The Kier molecular flexibility index (Phi) is 7.25. The Morgan fingerprint density at radius 1 is 1.03 bits per heavy atom. The van der Waals surface area contributed by atoms with Crippen molar-refractivity contribution in [2.45, 2.75) is 36.1 Å². The number of hydrogen-bond donors (Lipinski definition) is 1. The van der Waals surface area contributed by atoms with Gasteiger partial charge in [0.15, 0.2) is 0 Å². The predicted molar refractivity (Wildman–Crippen MR) is 138 cm³/mol. The summed E-state index contributed by atoms with van der Waals surface area (Å²) >= 11 is 1.66. The van der Waals surface area contributed by atoms with Gasteiger partial charge in [-0.15, -0.1) is 0 Å². The van der Waals surface area contributed by atoms with Crippen LogP contribution in [0.1, 0.15) is 24.3 Å². The molecule has 3 aromatic carbocycles. The summed E-state index contributed by atoms with van der Waals surface area (Å²) in [4.78, 5) is 22.1. The first kappa shape index (κ1) is 23.3. The minimum Gasteiger partial charge on any atom is -0.338 e. The molecule has 0 bridgehead atoms. The predicted octanol–water partition coefficient (Wildman–Crippen LogP) is 6.05. The van der Waals surface area contributed by atoms with Gasteiger partial charge in [-0.3, -0.25) is 9.69 Å². The summed E-state index contributed by atoms with van der Waals surface area (Å²) in [5.74, 6) is 1.30. The molecule has 1 saturated heterocycles. The molecule has 178 valence electrons. The second kappa shape index (κ2) is 10.9. The fourth-order valence-corrected chi connectivity index (χ4v) is 5.20. The molecule has 0 spiro atoms. The number of anilines is 1. The molecule has 0 radical (unpaired) electrons. The largest absolute Gasteiger partial charge is 0.338 e. The van der Waals surface area contributed by atoms with Crippen LogP contribution in [0, 0.1) is 12.8 Å². The van der Waals surface area contributed by atoms with Gasteiger partial charge in [0.05, 0.1) is 12.2 Å². The maximum atomic E-state index is 13.0. The smallest absolute Gasteiger partial charge is 0.241 e. The molecule has 0 saturated carbocycles. The molecule has 1 amide bonds. The van der Waals surface area contributed by atoms with Crippen LogP contribution < -0.4 is 5.32 Å². The van der Waals surface area contributed by atoms with Crippen molar-refractivity contribution in [2.75, 3.05) is 18.4 Å². The highest BCUT2D eigenvalue weighted by Gasteiger charge is 2.26. The van der Waals surface area contributed by atoms with Crippen LogP contribution in [0.15, 0.2) is 93.2 Å². The summed E-state index contributed by atoms with van der Waals surface area (Å²) in [6.07, 6.45) is 1.61. The second-order valence-corrected chi connectivity index (χ2v) is 9.95. The number of amides is 1. The van der Waals surface area contributed by atoms with Gasteiger partial charge in [0.25, 0.3) is 0 Å². The molecule has 4 aromatic rings. The number of likely N-dealkylation sites (tertiary alicyclic amines) is 1. The summed E-state index contributed by atoms with van der Waals surface area (Å²) in [5.41, 5.74) is 2.99. The minimum absolute atomic E-state index is 0.00780. The first-order valence-corrected chi connectivity index (χ1v) is 12.7. The Hall–Kier alpha value is -3.42. The van der Waals surface area contributed by atoms with Crippen molar-refractivity contribution >= 4 is 23.4 Å². The van der Waals surface area contributed by atoms with Crippen molar-refractivity contribution < 1.29 is 9.32 Å². The summed E-state index contributed by atoms with van der Waals surface area (Å²) in [6, 6.07) is 26.3. The lowest BCUT2D eigenvalue weighted by molar-refractivity contribution is -0.121. The van der Waals surface area contributed by atoms with Crippen molar-refractivity contribution in [1.82, 2.24) is 15.0 Å². The van der Waals surface area contributed by atoms with Gasteiger partial charge < -0.3 is 9.84 Å². The first-order valence-electron chi connectivity index (χ1n) is 11.9. The molecule has 1 fully saturated rings. The van der Waals surface area contributed by atoms with Crippen LogP contribution in [0.5, 0.6) is 0 Å². The van der Waals surface area contributed by atoms with Crippen LogP contribution >= 0.6 is 11.8 Å². The van der Waals surface area contributed by atoms with E-state index in [-0.39, 0.29) is 11.8 Å². The molecular weight excluding hydrogens is 456 g/mol. The van der Waals surface area contributed by atoms with Crippen molar-refractivity contribution in [2.24, 2.45) is 5.92 Å². The zero-order valence-electron chi connectivity index (χ0n) is 19.7. The first-order chi connectivity index (χ1) is 17.1. The topological polar surface area (TPSA) is 71.3 Å². The number of carbonyl (C=O) groups excluding carboxylic acids is 1. The van der Waals surface area contributed by atoms with Gasteiger partial charge in [-0.1, -0.05) is 71.0 Å². The number of nitrogens with one attached hydrogen (secondary N) is 1. The molecule has 1 aliphatic rings. The zero-order valence-corrected chi connectivity index (χ0v) is 20.5. The average Bonchev–Trinajstić information content (AvgIpc) is 3.35. The van der Waals surface area contributed by atoms with Gasteiger partial charge in [-0.05, 0) is 63.2 Å². The standard InChI is InChI=1S/C28H28N4O2S/c1-20-8-7-9-22(18-20)27-30-26(34-31-27)19-32-16-14-21(15-17-32)28(33)29-24-12-5-6-13-25(24)35-23-10-3-2-4-11-23/h2-13,18,21H,14-17,19H2,1H3,(H,29,33). The number of hydrogen-bond acceptors (Lipinski definition) is 6. The fourth-order valence-electron chi connectivity index (χ4n) is 4.27. The molecule has 1 aromatic heterocycles. The molecule has 1 N–H and O–H groups in total. The van der Waals surface area contributed by atoms with E-state index in [1.165, 1.54) is 0 Å². The molecule has 1 aliphatic heterocycles. The van der Waals surface area contributed by atoms with E-state index < -0.39 is 0 Å². The summed E-state index contributed by atoms with van der Waals surface area (Å²) < 4.78 is 5.49. The zero-order chi connectivity index (χ0) is 24.0. The van der Waals surface area contributed by atoms with E-state index in [4.69, 9.17) is 4.52 Å². The quantitative estimate of drug-likeness (QED) is 0.344. The number of rotatable bonds is 7. The van der Waals surface area contributed by atoms with E-state index in [9.17, 15) is 4.79 Å². The molecule has 2 heterocycles. The van der Waals surface area contributed by atoms with E-state index in [0.717, 1.165) is 52.5 Å². The van der Waals surface area contributed by atoms with E-state index in [1.54, 1.807) is 11.8 Å². The van der Waals surface area contributed by atoms with E-state index in [2.05, 4.69) is 38.6 Å². The third kappa shape index (κ3) is 5.99. The van der Waals surface area contributed by atoms with Gasteiger partial charge in [-0.25, -0.2) is 0 Å². The number of piperidine rings is 1. The Bertz CT molecular complexity index is 1280. The maximum absolute atomic E-state index is 13.0. The Balaban J connectivity index is 1.15. The number of nitrogens with zero attached hydrogens (tertiary/aromatic N) is 3. The summed E-state index contributed by atoms with van der Waals surface area (Å²) in [6.45, 7) is 4.29. The minimum atomic E-state index is -0.00780. The molecule has 0 unspecified atom stereocenters. The van der Waals surface area contributed by atoms with E-state index in [1.807, 2.05) is 67.6 Å². The van der Waals surface area contributed by atoms with Crippen LogP contribution in [0.3, 0.4) is 0 Å². The van der Waals surface area contributed by atoms with Gasteiger partial charge in [0.1, 0.15) is 0 Å². The number of aryl methyl sites for hydroxylation is 1. The molecule has 35 heavy (non-hydrogen) atoms. The molecule has 0 aliphatic carbocycles. The fraction of sp³-hybridized carbons (Fsp3) is 0.250. The molecule has 6 nitrogen and oxygen atoms in total. The highest BCUT2D eigenvalue weighted by molar-refractivity contribution is 7.99. The van der Waals surface area contributed by atoms with Crippen molar-refractivity contribution in [1.29, 1.82) is 0 Å². The Morgan fingerprint density at radius 2 is 1.80 bits per heavy atom. The normalized spacial score (nSPS) is 14.7.